The van der Waals surface area contributed by atoms with E-state index >= 15 is 0 Å². The van der Waals surface area contributed by atoms with Gasteiger partial charge in [-0.2, -0.15) is 4.98 Å². The standard InChI is InChI=1S/C30H27ClN6O3.CH4O/c1-37(2)15-14-32-30-33-18-20-16-25(29(39)35-27(20)36-30)24-17-21(10-13-26(24)31)34-28(38)19-8-11-23(12-9-19)40-22-6-4-3-5-7-22;1-2/h3-13,16-18H,14-15H2,1-2H3,(H,34,38)(H2,32,33,35,36,39);2H,1H3. The molecule has 0 aliphatic carbocycles. The monoisotopic (exact) mass is 586 g/mol. The van der Waals surface area contributed by atoms with Crippen LogP contribution in [0.2, 0.25) is 5.02 Å². The van der Waals surface area contributed by atoms with E-state index in [1.165, 1.54) is 0 Å². The van der Waals surface area contributed by atoms with E-state index in [9.17, 15) is 9.59 Å². The van der Waals surface area contributed by atoms with Gasteiger partial charge in [-0.05, 0) is 74.8 Å². The van der Waals surface area contributed by atoms with Crippen molar-refractivity contribution < 1.29 is 14.6 Å². The third-order valence-corrected chi connectivity index (χ3v) is 6.37. The van der Waals surface area contributed by atoms with Gasteiger partial charge in [0.1, 0.15) is 17.1 Å². The van der Waals surface area contributed by atoms with Crippen LogP contribution in [0.5, 0.6) is 11.5 Å². The van der Waals surface area contributed by atoms with Crippen LogP contribution in [0.15, 0.2) is 89.9 Å². The first-order chi connectivity index (χ1) is 20.4. The lowest BCUT2D eigenvalue weighted by atomic mass is 10.1. The number of pyridine rings is 1. The minimum atomic E-state index is -0.357. The smallest absolute Gasteiger partial charge is 0.257 e. The molecule has 0 unspecified atom stereocenters. The van der Waals surface area contributed by atoms with Gasteiger partial charge in [0, 0.05) is 59.2 Å². The number of aromatic nitrogens is 3. The maximum Gasteiger partial charge on any atom is 0.257 e. The Morgan fingerprint density at radius 2 is 1.69 bits per heavy atom. The number of benzene rings is 3. The van der Waals surface area contributed by atoms with Gasteiger partial charge >= 0.3 is 0 Å². The number of aliphatic hydroxyl groups is 1. The first-order valence-electron chi connectivity index (χ1n) is 13.0. The van der Waals surface area contributed by atoms with Crippen molar-refractivity contribution in [2.24, 2.45) is 0 Å². The zero-order valence-electron chi connectivity index (χ0n) is 23.4. The summed E-state index contributed by atoms with van der Waals surface area (Å²) in [5.74, 6) is 1.45. The summed E-state index contributed by atoms with van der Waals surface area (Å²) in [6.07, 6.45) is 1.64. The number of nitrogens with zero attached hydrogens (tertiary/aromatic N) is 3. The van der Waals surface area contributed by atoms with E-state index in [0.29, 0.717) is 62.4 Å². The third-order valence-electron chi connectivity index (χ3n) is 6.05. The lowest BCUT2D eigenvalue weighted by Gasteiger charge is -2.11. The number of nitrogens with one attached hydrogen (secondary N) is 3. The van der Waals surface area contributed by atoms with E-state index in [1.54, 1.807) is 54.7 Å². The summed E-state index contributed by atoms with van der Waals surface area (Å²) in [6.45, 7) is 1.48. The molecule has 0 saturated carbocycles. The maximum absolute atomic E-state index is 13.0. The van der Waals surface area contributed by atoms with Gasteiger partial charge in [0.15, 0.2) is 0 Å². The summed E-state index contributed by atoms with van der Waals surface area (Å²) >= 11 is 6.47. The molecule has 3 aromatic carbocycles. The van der Waals surface area contributed by atoms with Crippen LogP contribution < -0.4 is 20.9 Å². The Kier molecular flexibility index (Phi) is 10.2. The first kappa shape index (κ1) is 30.2. The Bertz CT molecular complexity index is 1710. The van der Waals surface area contributed by atoms with Crippen LogP contribution in [0.4, 0.5) is 11.6 Å². The van der Waals surface area contributed by atoms with E-state index in [-0.39, 0.29) is 11.5 Å². The number of carbonyl (C=O) groups excluding carboxylic acids is 1. The summed E-state index contributed by atoms with van der Waals surface area (Å²) in [4.78, 5) is 39.6. The molecular weight excluding hydrogens is 556 g/mol. The molecule has 42 heavy (non-hydrogen) atoms. The quantitative estimate of drug-likeness (QED) is 0.184. The number of fused-ring (bicyclic) bond motifs is 1. The second kappa shape index (κ2) is 14.2. The van der Waals surface area contributed by atoms with Crippen LogP contribution in [-0.2, 0) is 0 Å². The van der Waals surface area contributed by atoms with Crippen LogP contribution in [0.1, 0.15) is 10.4 Å². The fraction of sp³-hybridized carbons (Fsp3) is 0.161. The van der Waals surface area contributed by atoms with Crippen molar-refractivity contribution in [3.8, 4) is 22.6 Å². The number of aromatic amines is 1. The number of carbonyl (C=O) groups is 1. The number of hydrogen-bond acceptors (Lipinski definition) is 8. The lowest BCUT2D eigenvalue weighted by Crippen LogP contribution is -2.21. The van der Waals surface area contributed by atoms with Crippen molar-refractivity contribution in [2.75, 3.05) is 44.9 Å². The SMILES string of the molecule is CN(C)CCNc1ncc2cc(-c3cc(NC(=O)c4ccc(Oc5ccccc5)cc4)ccc3Cl)c(=O)[nH]c2n1.CO. The van der Waals surface area contributed by atoms with Crippen LogP contribution in [0.3, 0.4) is 0 Å². The molecule has 0 fully saturated rings. The van der Waals surface area contributed by atoms with Crippen molar-refractivity contribution in [3.05, 3.63) is 106 Å². The Morgan fingerprint density at radius 1 is 0.976 bits per heavy atom. The number of para-hydroxylation sites is 1. The van der Waals surface area contributed by atoms with Gasteiger partial charge in [-0.25, -0.2) is 4.98 Å². The Hall–Kier alpha value is -4.77. The third kappa shape index (κ3) is 7.70. The molecule has 0 aliphatic rings. The first-order valence-corrected chi connectivity index (χ1v) is 13.4. The number of halogens is 1. The van der Waals surface area contributed by atoms with Crippen LogP contribution >= 0.6 is 11.6 Å². The Morgan fingerprint density at radius 3 is 2.40 bits per heavy atom. The van der Waals surface area contributed by atoms with Crippen molar-refractivity contribution in [3.63, 3.8) is 0 Å². The molecule has 5 rings (SSSR count). The molecule has 2 aromatic heterocycles. The minimum absolute atomic E-state index is 0.311. The molecular formula is C31H31ClN6O4. The average molecular weight is 587 g/mol. The van der Waals surface area contributed by atoms with E-state index in [0.717, 1.165) is 13.7 Å². The van der Waals surface area contributed by atoms with E-state index in [1.807, 2.05) is 49.3 Å². The Balaban J connectivity index is 0.00000198. The largest absolute Gasteiger partial charge is 0.457 e. The molecule has 4 N–H and O–H groups in total. The number of anilines is 2. The maximum atomic E-state index is 13.0. The molecule has 10 nitrogen and oxygen atoms in total. The highest BCUT2D eigenvalue weighted by Crippen LogP contribution is 2.30. The van der Waals surface area contributed by atoms with Gasteiger partial charge in [-0.3, -0.25) is 9.59 Å². The Labute approximate surface area is 248 Å². The summed E-state index contributed by atoms with van der Waals surface area (Å²) < 4.78 is 5.79. The highest BCUT2D eigenvalue weighted by molar-refractivity contribution is 6.33. The van der Waals surface area contributed by atoms with Gasteiger partial charge in [0.25, 0.3) is 11.5 Å². The van der Waals surface area contributed by atoms with E-state index in [2.05, 4.69) is 25.6 Å². The molecule has 5 aromatic rings. The molecule has 11 heteroatoms. The molecule has 0 radical (unpaired) electrons. The van der Waals surface area contributed by atoms with Crippen molar-refractivity contribution >= 4 is 40.2 Å². The van der Waals surface area contributed by atoms with Crippen molar-refractivity contribution in [1.82, 2.24) is 19.9 Å². The fourth-order valence-electron chi connectivity index (χ4n) is 3.98. The lowest BCUT2D eigenvalue weighted by molar-refractivity contribution is 0.102. The fourth-order valence-corrected chi connectivity index (χ4v) is 4.20. The predicted molar refractivity (Wildman–Crippen MR) is 167 cm³/mol. The van der Waals surface area contributed by atoms with Crippen molar-refractivity contribution in [2.45, 2.75) is 0 Å². The van der Waals surface area contributed by atoms with E-state index in [4.69, 9.17) is 21.4 Å². The number of aliphatic hydroxyl groups excluding tert-OH is 1. The summed E-state index contributed by atoms with van der Waals surface area (Å²) in [7, 11) is 4.96. The zero-order chi connectivity index (χ0) is 30.1. The van der Waals surface area contributed by atoms with E-state index < -0.39 is 0 Å². The number of hydrogen-bond donors (Lipinski definition) is 4. The number of rotatable bonds is 9. The predicted octanol–water partition coefficient (Wildman–Crippen LogP) is 5.27. The molecule has 1 amide bonds. The molecule has 216 valence electrons. The molecule has 0 bridgehead atoms. The van der Waals surface area contributed by atoms with Crippen LogP contribution in [0, 0.1) is 0 Å². The van der Waals surface area contributed by atoms with Crippen molar-refractivity contribution in [1.29, 1.82) is 0 Å². The minimum Gasteiger partial charge on any atom is -0.457 e. The van der Waals surface area contributed by atoms with Gasteiger partial charge in [0.2, 0.25) is 5.95 Å². The van der Waals surface area contributed by atoms with Gasteiger partial charge < -0.3 is 30.4 Å². The highest BCUT2D eigenvalue weighted by atomic mass is 35.5. The van der Waals surface area contributed by atoms with Gasteiger partial charge in [-0.15, -0.1) is 0 Å². The van der Waals surface area contributed by atoms with Gasteiger partial charge in [-0.1, -0.05) is 29.8 Å². The summed E-state index contributed by atoms with van der Waals surface area (Å²) in [5, 5.41) is 14.0. The normalized spacial score (nSPS) is 10.6. The summed E-state index contributed by atoms with van der Waals surface area (Å²) in [5.41, 5.74) is 1.81. The second-order valence-corrected chi connectivity index (χ2v) is 9.74. The molecule has 0 spiro atoms. The number of H-pyrrole nitrogens is 1. The van der Waals surface area contributed by atoms with Gasteiger partial charge in [0.05, 0.1) is 0 Å². The zero-order valence-corrected chi connectivity index (χ0v) is 24.1. The molecule has 0 atom stereocenters. The number of likely N-dealkylation sites (N-methyl/N-ethyl adjacent to an activating group) is 1. The van der Waals surface area contributed by atoms with Crippen LogP contribution in [0.25, 0.3) is 22.2 Å². The highest BCUT2D eigenvalue weighted by Gasteiger charge is 2.14. The topological polar surface area (TPSA) is 132 Å². The number of amides is 1. The summed E-state index contributed by atoms with van der Waals surface area (Å²) in [6, 6.07) is 22.9. The van der Waals surface area contributed by atoms with Crippen LogP contribution in [-0.4, -0.2) is 65.2 Å². The molecule has 2 heterocycles. The number of ether oxygens (including phenoxy) is 1. The molecule has 0 aliphatic heterocycles. The average Bonchev–Trinajstić information content (AvgIpc) is 2.99. The molecule has 0 saturated heterocycles. The second-order valence-electron chi connectivity index (χ2n) is 9.33.